The quantitative estimate of drug-likeness (QED) is 0.140. The van der Waals surface area contributed by atoms with Crippen molar-refractivity contribution in [1.82, 2.24) is 15.0 Å². The van der Waals surface area contributed by atoms with Gasteiger partial charge in [-0.15, -0.1) is 0 Å². The first-order valence-electron chi connectivity index (χ1n) is 15.2. The van der Waals surface area contributed by atoms with Crippen LogP contribution in [0.25, 0.3) is 22.9 Å². The number of likely N-dealkylation sites (N-methyl/N-ethyl adjacent to an activating group) is 1. The zero-order chi connectivity index (χ0) is 32.9. The predicted molar refractivity (Wildman–Crippen MR) is 176 cm³/mol. The molecule has 0 spiro atoms. The maximum Gasteiger partial charge on any atom is 0.358 e. The van der Waals surface area contributed by atoms with Crippen LogP contribution < -0.4 is 10.2 Å². The second-order valence-electron chi connectivity index (χ2n) is 10.4. The molecule has 5 rings (SSSR count). The molecule has 0 saturated heterocycles. The molecule has 0 radical (unpaired) electrons. The molecule has 0 aliphatic rings. The lowest BCUT2D eigenvalue weighted by atomic mass is 10.2. The smallest absolute Gasteiger partial charge is 0.358 e. The minimum atomic E-state index is -1.04. The summed E-state index contributed by atoms with van der Waals surface area (Å²) in [6.45, 7) is 5.36. The second kappa shape index (κ2) is 16.7. The fourth-order valence-corrected chi connectivity index (χ4v) is 4.47. The number of nitrogens with one attached hydrogen (secondary N) is 1. The first-order valence-corrected chi connectivity index (χ1v) is 15.2. The number of aromatic nitrogens is 3. The molecule has 3 aromatic heterocycles. The number of hydrogen-bond donors (Lipinski definition) is 2. The van der Waals surface area contributed by atoms with E-state index in [4.69, 9.17) is 18.7 Å². The van der Waals surface area contributed by atoms with Gasteiger partial charge >= 0.3 is 5.97 Å². The molecule has 0 saturated carbocycles. The molecule has 0 atom stereocenters. The number of carboxylic acids is 1. The first kappa shape index (κ1) is 33.6. The maximum absolute atomic E-state index is 12.8. The number of carboxylic acid groups (broad SMARTS) is 1. The molecule has 0 aliphatic heterocycles. The fraction of sp³-hybridized carbons (Fsp3) is 0.286. The lowest BCUT2D eigenvalue weighted by Crippen LogP contribution is -2.23. The van der Waals surface area contributed by atoms with E-state index in [1.54, 1.807) is 13.3 Å². The third kappa shape index (κ3) is 8.89. The lowest BCUT2D eigenvalue weighted by Gasteiger charge is -2.17. The minimum Gasteiger partial charge on any atom is -0.476 e. The molecule has 3 heterocycles. The Morgan fingerprint density at radius 3 is 1.85 bits per heavy atom. The third-order valence-electron chi connectivity index (χ3n) is 6.84. The summed E-state index contributed by atoms with van der Waals surface area (Å²) in [4.78, 5) is 38.7. The Hall–Kier alpha value is -5.29. The average Bonchev–Trinajstić information content (AvgIpc) is 3.71. The molecule has 240 valence electrons. The van der Waals surface area contributed by atoms with Gasteiger partial charge in [0.15, 0.2) is 11.4 Å². The van der Waals surface area contributed by atoms with E-state index in [1.165, 1.54) is 0 Å². The van der Waals surface area contributed by atoms with Gasteiger partial charge in [0.2, 0.25) is 11.8 Å². The van der Waals surface area contributed by atoms with Crippen molar-refractivity contribution >= 4 is 23.4 Å². The van der Waals surface area contributed by atoms with Crippen molar-refractivity contribution in [1.29, 1.82) is 0 Å². The summed E-state index contributed by atoms with van der Waals surface area (Å²) in [7, 11) is 3.61. The molecule has 0 unspecified atom stereocenters. The van der Waals surface area contributed by atoms with Crippen molar-refractivity contribution in [2.75, 3.05) is 37.5 Å². The van der Waals surface area contributed by atoms with E-state index < -0.39 is 5.97 Å². The van der Waals surface area contributed by atoms with Crippen molar-refractivity contribution < 1.29 is 28.3 Å². The Balaban J connectivity index is 0.000000240. The van der Waals surface area contributed by atoms with E-state index in [2.05, 4.69) is 20.3 Å². The van der Waals surface area contributed by atoms with Gasteiger partial charge < -0.3 is 28.9 Å². The van der Waals surface area contributed by atoms with Gasteiger partial charge in [-0.05, 0) is 49.2 Å². The van der Waals surface area contributed by atoms with E-state index in [-0.39, 0.29) is 11.6 Å². The molecule has 11 nitrogen and oxygen atoms in total. The third-order valence-corrected chi connectivity index (χ3v) is 6.84. The van der Waals surface area contributed by atoms with Gasteiger partial charge in [0.25, 0.3) is 5.91 Å². The number of anilines is 2. The summed E-state index contributed by atoms with van der Waals surface area (Å²) >= 11 is 0. The van der Waals surface area contributed by atoms with Crippen molar-refractivity contribution in [3.05, 3.63) is 102 Å². The van der Waals surface area contributed by atoms with E-state index in [0.717, 1.165) is 36.3 Å². The Kier molecular flexibility index (Phi) is 12.2. The number of ether oxygens (including phenoxy) is 1. The van der Waals surface area contributed by atoms with Crippen LogP contribution in [-0.4, -0.2) is 59.2 Å². The Bertz CT molecular complexity index is 1680. The topological polar surface area (TPSA) is 144 Å². The van der Waals surface area contributed by atoms with E-state index in [1.807, 2.05) is 98.6 Å². The Morgan fingerprint density at radius 2 is 1.37 bits per heavy atom. The summed E-state index contributed by atoms with van der Waals surface area (Å²) in [5.74, 6) is 1.31. The molecule has 2 N–H and O–H groups in total. The number of carbonyl (C=O) groups excluding carboxylic acids is 1. The van der Waals surface area contributed by atoms with Crippen LogP contribution in [0.3, 0.4) is 0 Å². The van der Waals surface area contributed by atoms with Gasteiger partial charge in [-0.3, -0.25) is 4.79 Å². The van der Waals surface area contributed by atoms with E-state index >= 15 is 0 Å². The molecule has 0 fully saturated rings. The standard InChI is InChI=1S/C22H26N4O3.C13H13NO3/c1-4-8-18-20(25-22(29-18)16-9-6-5-7-10-16)21(27)24-17-11-12-19(23-15-17)26(2)13-14-28-3;1-2-6-10-11(13(15)16)14-12(17-10)9-7-4-3-5-8-9/h5-7,9-12,15H,4,8,13-14H2,1-3H3,(H,24,27);3-5,7-8H,2,6H2,1H3,(H,15,16). The van der Waals surface area contributed by atoms with Gasteiger partial charge in [-0.1, -0.05) is 50.2 Å². The normalized spacial score (nSPS) is 10.6. The molecule has 11 heteroatoms. The number of oxazole rings is 2. The zero-order valence-electron chi connectivity index (χ0n) is 26.5. The molecule has 2 aromatic carbocycles. The van der Waals surface area contributed by atoms with Crippen LogP contribution >= 0.6 is 0 Å². The van der Waals surface area contributed by atoms with Crippen LogP contribution in [0, 0.1) is 0 Å². The first-order chi connectivity index (χ1) is 22.3. The van der Waals surface area contributed by atoms with Gasteiger partial charge in [-0.25, -0.2) is 19.7 Å². The highest BCUT2D eigenvalue weighted by Gasteiger charge is 2.21. The molecule has 0 bridgehead atoms. The molecular formula is C35H39N5O6. The summed E-state index contributed by atoms with van der Waals surface area (Å²) in [6, 6.07) is 22.5. The molecular weight excluding hydrogens is 586 g/mol. The summed E-state index contributed by atoms with van der Waals surface area (Å²) in [5, 5.41) is 11.9. The highest BCUT2D eigenvalue weighted by molar-refractivity contribution is 6.03. The zero-order valence-corrected chi connectivity index (χ0v) is 26.5. The molecule has 46 heavy (non-hydrogen) atoms. The number of benzene rings is 2. The van der Waals surface area contributed by atoms with Crippen molar-refractivity contribution in [2.45, 2.75) is 39.5 Å². The number of hydrogen-bond acceptors (Lipinski definition) is 9. The number of amides is 1. The number of pyridine rings is 1. The molecule has 1 amide bonds. The van der Waals surface area contributed by atoms with Crippen LogP contribution in [0.15, 0.2) is 87.8 Å². The predicted octanol–water partition coefficient (Wildman–Crippen LogP) is 7.02. The van der Waals surface area contributed by atoms with Crippen LogP contribution in [0.5, 0.6) is 0 Å². The Labute approximate surface area is 268 Å². The van der Waals surface area contributed by atoms with Crippen LogP contribution in [0.4, 0.5) is 11.5 Å². The average molecular weight is 626 g/mol. The lowest BCUT2D eigenvalue weighted by molar-refractivity contribution is 0.0688. The number of aromatic carboxylic acids is 1. The fourth-order valence-electron chi connectivity index (χ4n) is 4.47. The summed E-state index contributed by atoms with van der Waals surface area (Å²) in [5.41, 5.74) is 2.56. The minimum absolute atomic E-state index is 0.0192. The number of aryl methyl sites for hydroxylation is 2. The maximum atomic E-state index is 12.8. The van der Waals surface area contributed by atoms with Crippen LogP contribution in [0.1, 0.15) is 59.2 Å². The SMILES string of the molecule is CCCc1oc(-c2ccccc2)nc1C(=O)Nc1ccc(N(C)CCOC)nc1.CCCc1oc(-c2ccccc2)nc1C(=O)O. The van der Waals surface area contributed by atoms with Crippen molar-refractivity contribution in [3.63, 3.8) is 0 Å². The summed E-state index contributed by atoms with van der Waals surface area (Å²) < 4.78 is 16.5. The van der Waals surface area contributed by atoms with Crippen LogP contribution in [0.2, 0.25) is 0 Å². The van der Waals surface area contributed by atoms with E-state index in [9.17, 15) is 9.59 Å². The number of carbonyl (C=O) groups is 2. The van der Waals surface area contributed by atoms with Gasteiger partial charge in [0.05, 0.1) is 18.5 Å². The number of methoxy groups -OCH3 is 1. The van der Waals surface area contributed by atoms with Crippen molar-refractivity contribution in [2.24, 2.45) is 0 Å². The number of nitrogens with zero attached hydrogens (tertiary/aromatic N) is 4. The second-order valence-corrected chi connectivity index (χ2v) is 10.4. The summed E-state index contributed by atoms with van der Waals surface area (Å²) in [6.07, 6.45) is 4.54. The molecule has 5 aromatic rings. The monoisotopic (exact) mass is 625 g/mol. The largest absolute Gasteiger partial charge is 0.476 e. The number of rotatable bonds is 13. The Morgan fingerprint density at radius 1 is 0.826 bits per heavy atom. The van der Waals surface area contributed by atoms with Crippen LogP contribution in [-0.2, 0) is 17.6 Å². The van der Waals surface area contributed by atoms with Gasteiger partial charge in [0.1, 0.15) is 17.3 Å². The highest BCUT2D eigenvalue weighted by Crippen LogP contribution is 2.25. The highest BCUT2D eigenvalue weighted by atomic mass is 16.5. The van der Waals surface area contributed by atoms with Gasteiger partial charge in [-0.2, -0.15) is 0 Å². The van der Waals surface area contributed by atoms with E-state index in [0.29, 0.717) is 54.1 Å². The van der Waals surface area contributed by atoms with Gasteiger partial charge in [0, 0.05) is 44.7 Å². The molecule has 0 aliphatic carbocycles. The van der Waals surface area contributed by atoms with Crippen molar-refractivity contribution in [3.8, 4) is 22.9 Å².